The lowest BCUT2D eigenvalue weighted by molar-refractivity contribution is -0.137. The lowest BCUT2D eigenvalue weighted by Gasteiger charge is -2.18. The zero-order chi connectivity index (χ0) is 18.3. The van der Waals surface area contributed by atoms with Crippen molar-refractivity contribution >= 4 is 23.0 Å². The minimum Gasteiger partial charge on any atom is -0.362 e. The summed E-state index contributed by atoms with van der Waals surface area (Å²) < 4.78 is 38.2. The van der Waals surface area contributed by atoms with E-state index in [9.17, 15) is 13.2 Å². The maximum absolute atomic E-state index is 12.7. The Morgan fingerprint density at radius 3 is 2.44 bits per heavy atom. The molecule has 2 aromatic rings. The minimum atomic E-state index is -4.37. The van der Waals surface area contributed by atoms with E-state index in [-0.39, 0.29) is 0 Å². The van der Waals surface area contributed by atoms with Crippen LogP contribution in [0.3, 0.4) is 0 Å². The first-order valence-electron chi connectivity index (χ1n) is 8.14. The molecule has 0 saturated heterocycles. The third-order valence-corrected chi connectivity index (χ3v) is 4.19. The Bertz CT molecular complexity index is 687. The minimum absolute atomic E-state index is 0.323. The predicted molar refractivity (Wildman–Crippen MR) is 99.6 cm³/mol. The quantitative estimate of drug-likeness (QED) is 0.682. The molecule has 0 saturated carbocycles. The monoisotopic (exact) mass is 366 g/mol. The van der Waals surface area contributed by atoms with Crippen molar-refractivity contribution in [1.29, 1.82) is 0 Å². The molecule has 0 spiro atoms. The molecule has 0 aliphatic heterocycles. The van der Waals surface area contributed by atoms with Crippen LogP contribution in [-0.4, -0.2) is 11.7 Å². The van der Waals surface area contributed by atoms with Gasteiger partial charge in [-0.05, 0) is 48.3 Å². The summed E-state index contributed by atoms with van der Waals surface area (Å²) in [6, 6.07) is 15.2. The smallest absolute Gasteiger partial charge is 0.362 e. The van der Waals surface area contributed by atoms with Gasteiger partial charge in [0.15, 0.2) is 5.11 Å². The third kappa shape index (κ3) is 6.38. The maximum Gasteiger partial charge on any atom is 0.416 e. The van der Waals surface area contributed by atoms with Gasteiger partial charge in [-0.3, -0.25) is 0 Å². The Kier molecular flexibility index (Phi) is 6.82. The summed E-state index contributed by atoms with van der Waals surface area (Å²) >= 11 is 5.20. The molecule has 1 unspecified atom stereocenters. The predicted octanol–water partition coefficient (Wildman–Crippen LogP) is 5.26. The average molecular weight is 366 g/mol. The third-order valence-electron chi connectivity index (χ3n) is 3.94. The van der Waals surface area contributed by atoms with Crippen LogP contribution < -0.4 is 10.6 Å². The number of alkyl halides is 3. The molecule has 0 aliphatic rings. The number of hydrogen-bond acceptors (Lipinski definition) is 1. The van der Waals surface area contributed by atoms with Gasteiger partial charge in [-0.15, -0.1) is 0 Å². The van der Waals surface area contributed by atoms with Crippen LogP contribution in [0.2, 0.25) is 0 Å². The molecule has 25 heavy (non-hydrogen) atoms. The van der Waals surface area contributed by atoms with E-state index < -0.39 is 11.7 Å². The van der Waals surface area contributed by atoms with Crippen molar-refractivity contribution in [3.63, 3.8) is 0 Å². The van der Waals surface area contributed by atoms with Crippen LogP contribution in [0.15, 0.2) is 54.6 Å². The van der Waals surface area contributed by atoms with E-state index in [1.807, 2.05) is 18.2 Å². The summed E-state index contributed by atoms with van der Waals surface area (Å²) in [7, 11) is 0. The second-order valence-corrected chi connectivity index (χ2v) is 6.29. The number of hydrogen-bond donors (Lipinski definition) is 2. The Morgan fingerprint density at radius 2 is 1.80 bits per heavy atom. The van der Waals surface area contributed by atoms with E-state index in [0.29, 0.717) is 23.3 Å². The molecule has 6 heteroatoms. The Labute approximate surface area is 151 Å². The van der Waals surface area contributed by atoms with E-state index in [1.54, 1.807) is 6.07 Å². The molecule has 0 radical (unpaired) electrons. The zero-order valence-electron chi connectivity index (χ0n) is 13.9. The van der Waals surface area contributed by atoms with Gasteiger partial charge < -0.3 is 10.6 Å². The number of halogens is 3. The van der Waals surface area contributed by atoms with Crippen LogP contribution >= 0.6 is 12.2 Å². The fraction of sp³-hybridized carbons (Fsp3) is 0.316. The number of rotatable bonds is 6. The van der Waals surface area contributed by atoms with E-state index in [4.69, 9.17) is 12.2 Å². The van der Waals surface area contributed by atoms with Crippen molar-refractivity contribution in [2.75, 3.05) is 11.9 Å². The van der Waals surface area contributed by atoms with Gasteiger partial charge in [-0.1, -0.05) is 49.7 Å². The first-order chi connectivity index (χ1) is 11.9. The van der Waals surface area contributed by atoms with Gasteiger partial charge in [0.25, 0.3) is 0 Å². The SMILES string of the molecule is CCC(CNC(=S)Nc1cccc(C(F)(F)F)c1)Cc1ccccc1. The van der Waals surface area contributed by atoms with E-state index in [0.717, 1.165) is 25.0 Å². The van der Waals surface area contributed by atoms with Crippen LogP contribution in [0.4, 0.5) is 18.9 Å². The van der Waals surface area contributed by atoms with Gasteiger partial charge in [0.1, 0.15) is 0 Å². The van der Waals surface area contributed by atoms with Crippen LogP contribution in [0.25, 0.3) is 0 Å². The molecule has 0 amide bonds. The Balaban J connectivity index is 1.87. The zero-order valence-corrected chi connectivity index (χ0v) is 14.8. The summed E-state index contributed by atoms with van der Waals surface area (Å²) in [5.41, 5.74) is 0.882. The van der Waals surface area contributed by atoms with Crippen LogP contribution in [-0.2, 0) is 12.6 Å². The Morgan fingerprint density at radius 1 is 1.08 bits per heavy atom. The summed E-state index contributed by atoms with van der Waals surface area (Å²) in [5.74, 6) is 0.392. The van der Waals surface area contributed by atoms with Gasteiger partial charge in [-0.25, -0.2) is 0 Å². The second kappa shape index (κ2) is 8.85. The molecule has 2 nitrogen and oxygen atoms in total. The number of benzene rings is 2. The van der Waals surface area contributed by atoms with Crippen molar-refractivity contribution in [3.8, 4) is 0 Å². The molecule has 0 heterocycles. The molecule has 0 aromatic heterocycles. The molecule has 1 atom stereocenters. The first-order valence-corrected chi connectivity index (χ1v) is 8.55. The van der Waals surface area contributed by atoms with Crippen molar-refractivity contribution < 1.29 is 13.2 Å². The van der Waals surface area contributed by atoms with Gasteiger partial charge in [0.05, 0.1) is 5.56 Å². The van der Waals surface area contributed by atoms with Crippen molar-refractivity contribution in [3.05, 3.63) is 65.7 Å². The standard InChI is InChI=1S/C19H21F3N2S/c1-2-14(11-15-7-4-3-5-8-15)13-23-18(25)24-17-10-6-9-16(12-17)19(20,21)22/h3-10,12,14H,2,11,13H2,1H3,(H2,23,24,25). The largest absolute Gasteiger partial charge is 0.416 e. The van der Waals surface area contributed by atoms with E-state index in [2.05, 4.69) is 29.7 Å². The van der Waals surface area contributed by atoms with Crippen molar-refractivity contribution in [2.45, 2.75) is 25.9 Å². The molecule has 2 N–H and O–H groups in total. The van der Waals surface area contributed by atoms with Crippen LogP contribution in [0.5, 0.6) is 0 Å². The normalized spacial score (nSPS) is 12.5. The fourth-order valence-corrected chi connectivity index (χ4v) is 2.70. The molecule has 0 bridgehead atoms. The highest BCUT2D eigenvalue weighted by molar-refractivity contribution is 7.80. The Hall–Kier alpha value is -2.08. The topological polar surface area (TPSA) is 24.1 Å². The fourth-order valence-electron chi connectivity index (χ4n) is 2.49. The van der Waals surface area contributed by atoms with Crippen LogP contribution in [0, 0.1) is 5.92 Å². The summed E-state index contributed by atoms with van der Waals surface area (Å²) in [4.78, 5) is 0. The van der Waals surface area contributed by atoms with Crippen molar-refractivity contribution in [1.82, 2.24) is 5.32 Å². The summed E-state index contributed by atoms with van der Waals surface area (Å²) in [6.45, 7) is 2.77. The lowest BCUT2D eigenvalue weighted by Crippen LogP contribution is -2.33. The van der Waals surface area contributed by atoms with E-state index >= 15 is 0 Å². The highest BCUT2D eigenvalue weighted by Gasteiger charge is 2.30. The van der Waals surface area contributed by atoms with Crippen LogP contribution in [0.1, 0.15) is 24.5 Å². The molecular weight excluding hydrogens is 345 g/mol. The van der Waals surface area contributed by atoms with Gasteiger partial charge in [0.2, 0.25) is 0 Å². The number of nitrogens with one attached hydrogen (secondary N) is 2. The molecule has 2 aromatic carbocycles. The van der Waals surface area contributed by atoms with Gasteiger partial charge in [-0.2, -0.15) is 13.2 Å². The molecular formula is C19H21F3N2S. The maximum atomic E-state index is 12.7. The van der Waals surface area contributed by atoms with E-state index in [1.165, 1.54) is 11.6 Å². The molecule has 134 valence electrons. The average Bonchev–Trinajstić information content (AvgIpc) is 2.59. The van der Waals surface area contributed by atoms with Gasteiger partial charge >= 0.3 is 6.18 Å². The first kappa shape index (κ1) is 19.2. The highest BCUT2D eigenvalue weighted by Crippen LogP contribution is 2.30. The van der Waals surface area contributed by atoms with Crippen molar-refractivity contribution in [2.24, 2.45) is 5.92 Å². The summed E-state index contributed by atoms with van der Waals surface area (Å²) in [6.07, 6.45) is -2.46. The lowest BCUT2D eigenvalue weighted by atomic mass is 9.97. The second-order valence-electron chi connectivity index (χ2n) is 5.88. The highest BCUT2D eigenvalue weighted by atomic mass is 32.1. The number of thiocarbonyl (C=S) groups is 1. The molecule has 0 fully saturated rings. The molecule has 2 rings (SSSR count). The number of anilines is 1. The summed E-state index contributed by atoms with van der Waals surface area (Å²) in [5, 5.41) is 6.24. The molecule has 0 aliphatic carbocycles. The van der Waals surface area contributed by atoms with Gasteiger partial charge in [0, 0.05) is 12.2 Å².